The summed E-state index contributed by atoms with van der Waals surface area (Å²) >= 11 is 0. The van der Waals surface area contributed by atoms with Crippen molar-refractivity contribution in [2.75, 3.05) is 6.61 Å². The number of rotatable bonds is 6. The molecule has 0 bridgehead atoms. The third kappa shape index (κ3) is 2.99. The Balaban J connectivity index is 1.02. The summed E-state index contributed by atoms with van der Waals surface area (Å²) in [4.78, 5) is 39.5. The predicted molar refractivity (Wildman–Crippen MR) is 155 cm³/mol. The van der Waals surface area contributed by atoms with E-state index in [4.69, 9.17) is 23.7 Å². The highest BCUT2D eigenvalue weighted by molar-refractivity contribution is 6.08. The number of aromatic nitrogens is 1. The number of benzene rings is 1. The van der Waals surface area contributed by atoms with Gasteiger partial charge in [0, 0.05) is 29.3 Å². The molecular weight excluding hydrogens is 562 g/mol. The van der Waals surface area contributed by atoms with E-state index in [0.29, 0.717) is 30.0 Å². The number of esters is 2. The quantitative estimate of drug-likeness (QED) is 0.280. The van der Waals surface area contributed by atoms with Crippen molar-refractivity contribution < 1.29 is 38.1 Å². The van der Waals surface area contributed by atoms with Gasteiger partial charge < -0.3 is 28.3 Å². The van der Waals surface area contributed by atoms with E-state index in [1.165, 1.54) is 0 Å². The van der Waals surface area contributed by atoms with E-state index < -0.39 is 22.9 Å². The Kier molecular flexibility index (Phi) is 5.11. The number of hydrogen-bond acceptors (Lipinski definition) is 8. The van der Waals surface area contributed by atoms with Crippen molar-refractivity contribution in [3.8, 4) is 0 Å². The molecule has 4 aliphatic heterocycles. The van der Waals surface area contributed by atoms with Crippen LogP contribution in [0.1, 0.15) is 67.3 Å². The summed E-state index contributed by atoms with van der Waals surface area (Å²) in [5.74, 6) is -0.478. The summed E-state index contributed by atoms with van der Waals surface area (Å²) in [5.41, 5.74) is 2.40. The summed E-state index contributed by atoms with van der Waals surface area (Å²) in [6, 6.07) is 11.1. The molecule has 9 unspecified atom stereocenters. The highest BCUT2D eigenvalue weighted by Gasteiger charge is 3.01. The molecule has 2 aromatic rings. The molecule has 9 nitrogen and oxygen atoms in total. The molecule has 230 valence electrons. The second-order valence-corrected chi connectivity index (χ2v) is 14.5. The molecule has 3 aliphatic carbocycles. The van der Waals surface area contributed by atoms with Crippen molar-refractivity contribution in [3.63, 3.8) is 0 Å². The number of ether oxygens (including phenoxy) is 5. The molecule has 7 aliphatic rings. The van der Waals surface area contributed by atoms with Crippen LogP contribution in [0, 0.1) is 24.2 Å². The second-order valence-electron chi connectivity index (χ2n) is 14.5. The molecule has 5 fully saturated rings. The highest BCUT2D eigenvalue weighted by atomic mass is 16.8. The third-order valence-corrected chi connectivity index (χ3v) is 12.4. The van der Waals surface area contributed by atoms with E-state index in [-0.39, 0.29) is 59.7 Å². The SMILES string of the molecule is Cc1ccc(C(=O)c2ccc(CC(=O)OC3C4(C(C)C)OC4C4OC45C4(C)CCC6=C(COC6=O)C4CC4OC435)n2C)cc1. The average molecular weight is 600 g/mol. The first-order valence-corrected chi connectivity index (χ1v) is 15.9. The minimum Gasteiger partial charge on any atom is -0.458 e. The lowest BCUT2D eigenvalue weighted by Gasteiger charge is -2.53. The van der Waals surface area contributed by atoms with Gasteiger partial charge in [0.1, 0.15) is 30.0 Å². The van der Waals surface area contributed by atoms with E-state index in [1.807, 2.05) is 44.3 Å². The normalized spacial score (nSPS) is 41.9. The van der Waals surface area contributed by atoms with Gasteiger partial charge in [-0.05, 0) is 55.7 Å². The summed E-state index contributed by atoms with van der Waals surface area (Å²) in [7, 11) is 1.81. The van der Waals surface area contributed by atoms with Gasteiger partial charge in [0.2, 0.25) is 5.78 Å². The molecule has 1 aromatic carbocycles. The van der Waals surface area contributed by atoms with Crippen LogP contribution in [0.4, 0.5) is 0 Å². The molecule has 9 rings (SSSR count). The Morgan fingerprint density at radius 3 is 2.59 bits per heavy atom. The van der Waals surface area contributed by atoms with Crippen LogP contribution in [0.5, 0.6) is 0 Å². The Bertz CT molecular complexity index is 1700. The van der Waals surface area contributed by atoms with Gasteiger partial charge in [0.15, 0.2) is 11.7 Å². The molecule has 0 N–H and O–H groups in total. The summed E-state index contributed by atoms with van der Waals surface area (Å²) < 4.78 is 33.8. The number of carbonyl (C=O) groups is 3. The summed E-state index contributed by atoms with van der Waals surface area (Å²) in [6.07, 6.45) is 1.07. The van der Waals surface area contributed by atoms with Gasteiger partial charge in [-0.15, -0.1) is 0 Å². The Hall–Kier alpha value is -3.27. The second kappa shape index (κ2) is 8.30. The van der Waals surface area contributed by atoms with Crippen molar-refractivity contribution in [2.45, 2.75) is 94.6 Å². The first-order valence-electron chi connectivity index (χ1n) is 15.9. The number of aryl methyl sites for hydroxylation is 1. The average Bonchev–Trinajstić information content (AvgIpc) is 3.92. The molecule has 5 heterocycles. The molecule has 2 spiro atoms. The maximum atomic E-state index is 13.8. The van der Waals surface area contributed by atoms with Crippen molar-refractivity contribution >= 4 is 17.7 Å². The van der Waals surface area contributed by atoms with E-state index >= 15 is 0 Å². The maximum absolute atomic E-state index is 13.8. The number of cyclic esters (lactones) is 1. The molecule has 0 amide bonds. The lowest BCUT2D eigenvalue weighted by Crippen LogP contribution is -2.70. The minimum absolute atomic E-state index is 0.0145. The Morgan fingerprint density at radius 1 is 1.07 bits per heavy atom. The molecule has 9 atom stereocenters. The lowest BCUT2D eigenvalue weighted by molar-refractivity contribution is -0.168. The van der Waals surface area contributed by atoms with Crippen molar-refractivity contribution in [3.05, 3.63) is 70.1 Å². The first-order chi connectivity index (χ1) is 21.0. The van der Waals surface area contributed by atoms with E-state index in [0.717, 1.165) is 29.6 Å². The fraction of sp³-hybridized carbons (Fsp3) is 0.571. The van der Waals surface area contributed by atoms with E-state index in [9.17, 15) is 14.4 Å². The standard InChI is InChI=1S/C35H37NO8/c1-17(2)33-28(43-33)29-35(44-29)32(4)13-12-21-22(16-40-30(21)39)23(32)15-25-34(35,42-25)31(33)41-26(37)14-20-10-11-24(36(20)5)27(38)19-8-6-18(3)7-9-19/h6-11,17,23,25,28-29,31H,12-16H2,1-5H3. The maximum Gasteiger partial charge on any atom is 0.334 e. The van der Waals surface area contributed by atoms with Crippen LogP contribution in [-0.2, 0) is 46.7 Å². The number of ketones is 1. The number of carbonyl (C=O) groups excluding carboxylic acids is 3. The first kappa shape index (κ1) is 27.1. The predicted octanol–water partition coefficient (Wildman–Crippen LogP) is 3.77. The fourth-order valence-corrected chi connectivity index (χ4v) is 9.98. The highest BCUT2D eigenvalue weighted by Crippen LogP contribution is 2.83. The van der Waals surface area contributed by atoms with E-state index in [1.54, 1.807) is 10.6 Å². The monoisotopic (exact) mass is 599 g/mol. The van der Waals surface area contributed by atoms with Gasteiger partial charge in [-0.3, -0.25) is 9.59 Å². The topological polar surface area (TPSA) is 112 Å². The van der Waals surface area contributed by atoms with Gasteiger partial charge in [-0.2, -0.15) is 0 Å². The minimum atomic E-state index is -0.793. The molecule has 1 aromatic heterocycles. The van der Waals surface area contributed by atoms with Crippen molar-refractivity contribution in [1.29, 1.82) is 0 Å². The number of epoxide rings is 3. The largest absolute Gasteiger partial charge is 0.458 e. The van der Waals surface area contributed by atoms with Crippen molar-refractivity contribution in [2.24, 2.45) is 24.3 Å². The zero-order valence-corrected chi connectivity index (χ0v) is 25.7. The Morgan fingerprint density at radius 2 is 1.84 bits per heavy atom. The van der Waals surface area contributed by atoms with Gasteiger partial charge in [-0.1, -0.05) is 50.6 Å². The van der Waals surface area contributed by atoms with Gasteiger partial charge >= 0.3 is 11.9 Å². The molecule has 0 radical (unpaired) electrons. The van der Waals surface area contributed by atoms with Gasteiger partial charge in [-0.25, -0.2) is 4.79 Å². The van der Waals surface area contributed by atoms with Crippen LogP contribution in [0.25, 0.3) is 0 Å². The third-order valence-electron chi connectivity index (χ3n) is 12.4. The zero-order valence-electron chi connectivity index (χ0n) is 25.7. The lowest BCUT2D eigenvalue weighted by atomic mass is 9.46. The van der Waals surface area contributed by atoms with Crippen LogP contribution in [0.3, 0.4) is 0 Å². The van der Waals surface area contributed by atoms with Crippen LogP contribution in [0.2, 0.25) is 0 Å². The van der Waals surface area contributed by atoms with E-state index in [2.05, 4.69) is 20.8 Å². The summed E-state index contributed by atoms with van der Waals surface area (Å²) in [5, 5.41) is 0. The molecule has 9 heteroatoms. The number of fused-ring (bicyclic) bond motifs is 4. The van der Waals surface area contributed by atoms with Crippen LogP contribution in [-0.4, -0.2) is 70.1 Å². The smallest absolute Gasteiger partial charge is 0.334 e. The zero-order chi connectivity index (χ0) is 30.6. The van der Waals surface area contributed by atoms with Crippen LogP contribution in [0.15, 0.2) is 47.5 Å². The molecule has 3 saturated heterocycles. The number of nitrogens with zero attached hydrogens (tertiary/aromatic N) is 1. The molecule has 2 saturated carbocycles. The molecule has 44 heavy (non-hydrogen) atoms. The number of hydrogen-bond donors (Lipinski definition) is 0. The molecular formula is C35H37NO8. The van der Waals surface area contributed by atoms with Gasteiger partial charge in [0.25, 0.3) is 0 Å². The van der Waals surface area contributed by atoms with Crippen LogP contribution >= 0.6 is 0 Å². The van der Waals surface area contributed by atoms with Crippen LogP contribution < -0.4 is 0 Å². The fourth-order valence-electron chi connectivity index (χ4n) is 9.98. The van der Waals surface area contributed by atoms with Gasteiger partial charge in [0.05, 0.1) is 18.2 Å². The van der Waals surface area contributed by atoms with Crippen molar-refractivity contribution in [1.82, 2.24) is 4.57 Å². The Labute approximate surface area is 255 Å². The summed E-state index contributed by atoms with van der Waals surface area (Å²) in [6.45, 7) is 8.81.